The average Bonchev–Trinajstić information content (AvgIpc) is 3.58. The number of anilines is 1. The fraction of sp³-hybridized carbons (Fsp3) is 0.346. The Morgan fingerprint density at radius 2 is 1.44 bits per heavy atom. The number of carbonyl (C=O) groups excluding carboxylic acids is 3. The van der Waals surface area contributed by atoms with Gasteiger partial charge >= 0.3 is 5.97 Å². The van der Waals surface area contributed by atoms with Crippen LogP contribution in [-0.2, 0) is 20.8 Å². The summed E-state index contributed by atoms with van der Waals surface area (Å²) in [6, 6.07) is 13.9. The van der Waals surface area contributed by atoms with Crippen molar-refractivity contribution < 1.29 is 23.9 Å². The van der Waals surface area contributed by atoms with Crippen molar-refractivity contribution in [2.45, 2.75) is 12.8 Å². The summed E-state index contributed by atoms with van der Waals surface area (Å²) in [6.07, 6.45) is 5.61. The van der Waals surface area contributed by atoms with Crippen LogP contribution < -0.4 is 14.4 Å². The largest absolute Gasteiger partial charge is 0.497 e. The summed E-state index contributed by atoms with van der Waals surface area (Å²) in [7, 11) is 1.59. The third-order valence-corrected chi connectivity index (χ3v) is 7.50. The number of allylic oxidation sites excluding steroid dienone is 2. The van der Waals surface area contributed by atoms with E-state index in [1.807, 2.05) is 12.1 Å². The van der Waals surface area contributed by atoms with Gasteiger partial charge in [0.25, 0.3) is 0 Å². The molecule has 0 spiro atoms. The summed E-state index contributed by atoms with van der Waals surface area (Å²) in [5.41, 5.74) is 1.36. The highest BCUT2D eigenvalue weighted by Crippen LogP contribution is 2.65. The number of ether oxygens (including phenoxy) is 2. The third kappa shape index (κ3) is 2.89. The predicted octanol–water partition coefficient (Wildman–Crippen LogP) is 3.40. The van der Waals surface area contributed by atoms with Gasteiger partial charge in [-0.25, -0.2) is 0 Å². The van der Waals surface area contributed by atoms with Crippen LogP contribution in [0, 0.1) is 35.5 Å². The van der Waals surface area contributed by atoms with Gasteiger partial charge in [0.05, 0.1) is 31.1 Å². The standard InChI is InChI=1S/C26H23NO5/c1-31-16-6-2-14(3-7-16)12-22(28)32-17-8-4-15(5-9-17)27-25(29)23-18-10-11-19(21-13-20(18)21)24(23)26(27)30/h2-11,18-21,23-24H,12-13H2,1H3/t18-,19+,20+,21-,23-,24+. The lowest BCUT2D eigenvalue weighted by Crippen LogP contribution is -2.40. The molecule has 5 aliphatic rings. The zero-order chi connectivity index (χ0) is 22.0. The summed E-state index contributed by atoms with van der Waals surface area (Å²) in [4.78, 5) is 40.0. The zero-order valence-electron chi connectivity index (χ0n) is 17.6. The average molecular weight is 429 g/mol. The van der Waals surface area contributed by atoms with E-state index in [1.165, 1.54) is 4.90 Å². The van der Waals surface area contributed by atoms with E-state index >= 15 is 0 Å². The van der Waals surface area contributed by atoms with Crippen LogP contribution in [0.5, 0.6) is 11.5 Å². The number of rotatable bonds is 5. The molecule has 2 amide bonds. The van der Waals surface area contributed by atoms with Crippen molar-refractivity contribution in [2.24, 2.45) is 35.5 Å². The first kappa shape index (κ1) is 19.3. The molecule has 6 nitrogen and oxygen atoms in total. The Kier molecular flexibility index (Phi) is 4.25. The van der Waals surface area contributed by atoms with Gasteiger partial charge in [-0.3, -0.25) is 19.3 Å². The molecule has 4 aliphatic carbocycles. The second-order valence-corrected chi connectivity index (χ2v) is 9.16. The number of carbonyl (C=O) groups is 3. The fourth-order valence-electron chi connectivity index (χ4n) is 5.95. The number of benzene rings is 2. The topological polar surface area (TPSA) is 72.9 Å². The maximum atomic E-state index is 13.2. The monoisotopic (exact) mass is 429 g/mol. The minimum Gasteiger partial charge on any atom is -0.497 e. The minimum absolute atomic E-state index is 0.0889. The van der Waals surface area contributed by atoms with Gasteiger partial charge in [-0.05, 0) is 72.1 Å². The quantitative estimate of drug-likeness (QED) is 0.315. The highest BCUT2D eigenvalue weighted by Gasteiger charge is 2.67. The lowest BCUT2D eigenvalue weighted by Gasteiger charge is -2.37. The molecule has 6 atom stereocenters. The van der Waals surface area contributed by atoms with E-state index in [1.54, 1.807) is 43.5 Å². The molecule has 2 aromatic carbocycles. The van der Waals surface area contributed by atoms with E-state index in [4.69, 9.17) is 9.47 Å². The van der Waals surface area contributed by atoms with Crippen LogP contribution in [0.15, 0.2) is 60.7 Å². The number of nitrogens with zero attached hydrogens (tertiary/aromatic N) is 1. The maximum absolute atomic E-state index is 13.2. The minimum atomic E-state index is -0.385. The predicted molar refractivity (Wildman–Crippen MR) is 116 cm³/mol. The van der Waals surface area contributed by atoms with Gasteiger partial charge in [0.1, 0.15) is 11.5 Å². The Hall–Kier alpha value is -3.41. The molecular formula is C26H23NO5. The van der Waals surface area contributed by atoms with E-state index in [2.05, 4.69) is 12.2 Å². The van der Waals surface area contributed by atoms with Crippen molar-refractivity contribution >= 4 is 23.5 Å². The van der Waals surface area contributed by atoms with Crippen LogP contribution in [0.3, 0.4) is 0 Å². The van der Waals surface area contributed by atoms with E-state index in [-0.39, 0.29) is 47.9 Å². The summed E-state index contributed by atoms with van der Waals surface area (Å²) < 4.78 is 10.6. The van der Waals surface area contributed by atoms with Gasteiger partial charge in [0.15, 0.2) is 0 Å². The SMILES string of the molecule is COc1ccc(CC(=O)Oc2ccc(N3C(=O)[C@@H]4[C@@H]5C=C[C@@H]([C@H]6C[C@@H]56)[C@@H]4C3=O)cc2)cc1. The number of esters is 1. The van der Waals surface area contributed by atoms with Crippen molar-refractivity contribution in [3.8, 4) is 11.5 Å². The molecule has 2 bridgehead atoms. The lowest BCUT2D eigenvalue weighted by molar-refractivity contribution is -0.133. The van der Waals surface area contributed by atoms with Gasteiger partial charge in [-0.1, -0.05) is 24.3 Å². The summed E-state index contributed by atoms with van der Waals surface area (Å²) >= 11 is 0. The lowest BCUT2D eigenvalue weighted by atomic mass is 9.63. The molecule has 1 aliphatic heterocycles. The first-order valence-corrected chi connectivity index (χ1v) is 11.0. The Labute approximate surface area is 185 Å². The van der Waals surface area contributed by atoms with E-state index in [0.717, 1.165) is 17.7 Å². The molecule has 1 heterocycles. The van der Waals surface area contributed by atoms with Crippen LogP contribution in [0.4, 0.5) is 5.69 Å². The molecule has 6 heteroatoms. The number of hydrogen-bond acceptors (Lipinski definition) is 5. The van der Waals surface area contributed by atoms with Crippen LogP contribution in [-0.4, -0.2) is 24.9 Å². The number of hydrogen-bond donors (Lipinski definition) is 0. The van der Waals surface area contributed by atoms with Crippen molar-refractivity contribution in [1.82, 2.24) is 0 Å². The molecule has 7 rings (SSSR count). The normalized spacial score (nSPS) is 31.3. The molecule has 2 aromatic rings. The Morgan fingerprint density at radius 1 is 0.875 bits per heavy atom. The van der Waals surface area contributed by atoms with Crippen LogP contribution in [0.2, 0.25) is 0 Å². The Balaban J connectivity index is 1.14. The fourth-order valence-corrected chi connectivity index (χ4v) is 5.95. The number of methoxy groups -OCH3 is 1. The second kappa shape index (κ2) is 7.05. The summed E-state index contributed by atoms with van der Waals surface area (Å²) in [5, 5.41) is 0. The maximum Gasteiger partial charge on any atom is 0.315 e. The molecule has 162 valence electrons. The summed E-state index contributed by atoms with van der Waals surface area (Å²) in [5.74, 6) is 1.67. The molecular weight excluding hydrogens is 406 g/mol. The van der Waals surface area contributed by atoms with Gasteiger partial charge in [-0.2, -0.15) is 0 Å². The molecule has 2 saturated carbocycles. The molecule has 0 radical (unpaired) electrons. The summed E-state index contributed by atoms with van der Waals surface area (Å²) in [6.45, 7) is 0. The third-order valence-electron chi connectivity index (χ3n) is 7.50. The van der Waals surface area contributed by atoms with Crippen molar-refractivity contribution in [2.75, 3.05) is 12.0 Å². The van der Waals surface area contributed by atoms with Crippen molar-refractivity contribution in [3.63, 3.8) is 0 Å². The molecule has 32 heavy (non-hydrogen) atoms. The highest BCUT2D eigenvalue weighted by molar-refractivity contribution is 6.22. The molecule has 0 unspecified atom stereocenters. The van der Waals surface area contributed by atoms with Gasteiger partial charge in [-0.15, -0.1) is 0 Å². The van der Waals surface area contributed by atoms with Crippen LogP contribution >= 0.6 is 0 Å². The first-order chi connectivity index (χ1) is 15.5. The number of amides is 2. The second-order valence-electron chi connectivity index (χ2n) is 9.16. The molecule has 0 aromatic heterocycles. The smallest absolute Gasteiger partial charge is 0.315 e. The first-order valence-electron chi connectivity index (χ1n) is 11.0. The van der Waals surface area contributed by atoms with Gasteiger partial charge < -0.3 is 9.47 Å². The van der Waals surface area contributed by atoms with Crippen molar-refractivity contribution in [3.05, 3.63) is 66.2 Å². The van der Waals surface area contributed by atoms with Gasteiger partial charge in [0.2, 0.25) is 11.8 Å². The zero-order valence-corrected chi connectivity index (χ0v) is 17.6. The highest BCUT2D eigenvalue weighted by atomic mass is 16.5. The molecule has 1 saturated heterocycles. The number of imide groups is 1. The van der Waals surface area contributed by atoms with Crippen LogP contribution in [0.25, 0.3) is 0 Å². The van der Waals surface area contributed by atoms with E-state index < -0.39 is 0 Å². The van der Waals surface area contributed by atoms with Crippen LogP contribution in [0.1, 0.15) is 12.0 Å². The Bertz CT molecular complexity index is 1100. The van der Waals surface area contributed by atoms with Crippen molar-refractivity contribution in [1.29, 1.82) is 0 Å². The Morgan fingerprint density at radius 3 is 2.00 bits per heavy atom. The van der Waals surface area contributed by atoms with Gasteiger partial charge in [0, 0.05) is 0 Å². The van der Waals surface area contributed by atoms with E-state index in [9.17, 15) is 14.4 Å². The molecule has 3 fully saturated rings. The van der Waals surface area contributed by atoms with E-state index in [0.29, 0.717) is 23.3 Å². The molecule has 0 N–H and O–H groups in total.